The number of nitriles is 1. The van der Waals surface area contributed by atoms with Crippen LogP contribution in [0.2, 0.25) is 0 Å². The third kappa shape index (κ3) is 3.44. The third-order valence-corrected chi connectivity index (χ3v) is 4.33. The Hall–Kier alpha value is -1.71. The first-order valence-corrected chi connectivity index (χ1v) is 8.15. The molecule has 6 heteroatoms. The van der Waals surface area contributed by atoms with Crippen LogP contribution in [0.25, 0.3) is 0 Å². The van der Waals surface area contributed by atoms with Crippen molar-refractivity contribution in [1.82, 2.24) is 9.97 Å². The van der Waals surface area contributed by atoms with Gasteiger partial charge in [-0.1, -0.05) is 17.7 Å². The molecule has 2 rings (SSSR count). The maximum atomic E-state index is 9.03. The van der Waals surface area contributed by atoms with Crippen LogP contribution in [0.4, 0.5) is 5.82 Å². The number of nitrogens with zero attached hydrogens (tertiary/aromatic N) is 3. The Bertz CT molecular complexity index is 647. The minimum Gasteiger partial charge on any atom is -0.382 e. The molecule has 1 aromatic heterocycles. The van der Waals surface area contributed by atoms with Crippen LogP contribution in [0.1, 0.15) is 17.0 Å². The van der Waals surface area contributed by atoms with E-state index in [0.717, 1.165) is 4.90 Å². The van der Waals surface area contributed by atoms with Crippen LogP contribution in [-0.2, 0) is 5.75 Å². The Labute approximate surface area is 126 Å². The van der Waals surface area contributed by atoms with E-state index in [0.29, 0.717) is 22.2 Å². The van der Waals surface area contributed by atoms with Gasteiger partial charge in [0.2, 0.25) is 0 Å². The summed E-state index contributed by atoms with van der Waals surface area (Å²) in [5.41, 5.74) is 7.40. The molecule has 0 saturated carbocycles. The number of thioether (sulfide) groups is 2. The third-order valence-electron chi connectivity index (χ3n) is 2.64. The summed E-state index contributed by atoms with van der Waals surface area (Å²) < 4.78 is 0. The lowest BCUT2D eigenvalue weighted by molar-refractivity contribution is 0.952. The van der Waals surface area contributed by atoms with Crippen molar-refractivity contribution in [2.24, 2.45) is 0 Å². The van der Waals surface area contributed by atoms with Crippen LogP contribution in [0.5, 0.6) is 0 Å². The van der Waals surface area contributed by atoms with Crippen LogP contribution in [0.3, 0.4) is 0 Å². The van der Waals surface area contributed by atoms with Crippen LogP contribution in [-0.4, -0.2) is 16.2 Å². The molecule has 2 aromatic rings. The van der Waals surface area contributed by atoms with E-state index >= 15 is 0 Å². The Kier molecular flexibility index (Phi) is 4.88. The molecular weight excluding hydrogens is 288 g/mol. The summed E-state index contributed by atoms with van der Waals surface area (Å²) in [6.45, 7) is 2.06. The number of nitrogens with two attached hydrogens (primary N) is 1. The molecular formula is C14H14N4S2. The predicted octanol–water partition coefficient (Wildman–Crippen LogP) is 3.25. The van der Waals surface area contributed by atoms with E-state index in [2.05, 4.69) is 41.2 Å². The van der Waals surface area contributed by atoms with E-state index in [9.17, 15) is 0 Å². The Morgan fingerprint density at radius 1 is 1.25 bits per heavy atom. The van der Waals surface area contributed by atoms with Gasteiger partial charge in [0.25, 0.3) is 0 Å². The highest BCUT2D eigenvalue weighted by atomic mass is 32.2. The van der Waals surface area contributed by atoms with Crippen molar-refractivity contribution in [3.8, 4) is 6.07 Å². The topological polar surface area (TPSA) is 75.6 Å². The second-order valence-corrected chi connectivity index (χ2v) is 5.97. The summed E-state index contributed by atoms with van der Waals surface area (Å²) in [4.78, 5) is 9.74. The lowest BCUT2D eigenvalue weighted by Gasteiger charge is -2.06. The Morgan fingerprint density at radius 2 is 1.95 bits per heavy atom. The predicted molar refractivity (Wildman–Crippen MR) is 83.7 cm³/mol. The minimum atomic E-state index is 0.256. The molecule has 0 bridgehead atoms. The highest BCUT2D eigenvalue weighted by Crippen LogP contribution is 2.25. The summed E-state index contributed by atoms with van der Waals surface area (Å²) >= 11 is 3.06. The summed E-state index contributed by atoms with van der Waals surface area (Å²) in [5.74, 6) is 1.54. The van der Waals surface area contributed by atoms with Crippen molar-refractivity contribution < 1.29 is 0 Å². The molecule has 102 valence electrons. The maximum absolute atomic E-state index is 9.03. The fourth-order valence-electron chi connectivity index (χ4n) is 1.60. The average molecular weight is 302 g/mol. The largest absolute Gasteiger partial charge is 0.382 e. The zero-order valence-electron chi connectivity index (χ0n) is 11.3. The number of nitrogen functional groups attached to an aromatic ring is 1. The van der Waals surface area contributed by atoms with Gasteiger partial charge in [0.05, 0.1) is 5.75 Å². The van der Waals surface area contributed by atoms with Gasteiger partial charge < -0.3 is 5.73 Å². The zero-order valence-corrected chi connectivity index (χ0v) is 12.9. The quantitative estimate of drug-likeness (QED) is 0.690. The monoisotopic (exact) mass is 302 g/mol. The highest BCUT2D eigenvalue weighted by molar-refractivity contribution is 7.98. The van der Waals surface area contributed by atoms with Crippen LogP contribution in [0.15, 0.2) is 34.2 Å². The molecule has 0 aliphatic carbocycles. The van der Waals surface area contributed by atoms with Crippen molar-refractivity contribution >= 4 is 29.3 Å². The van der Waals surface area contributed by atoms with Crippen LogP contribution < -0.4 is 5.73 Å². The van der Waals surface area contributed by atoms with E-state index in [1.807, 2.05) is 12.3 Å². The first-order chi connectivity index (χ1) is 9.63. The molecule has 0 spiro atoms. The molecule has 1 heterocycles. The number of hydrogen-bond acceptors (Lipinski definition) is 6. The van der Waals surface area contributed by atoms with Crippen molar-refractivity contribution in [3.05, 3.63) is 41.2 Å². The lowest BCUT2D eigenvalue weighted by atomic mass is 10.2. The standard InChI is InChI=1S/C14H14N4S2/c1-9-3-5-10(6-4-9)20-8-12-17-13(16)11(7-15)14(18-12)19-2/h3-6H,8H2,1-2H3,(H2,16,17,18). The number of hydrogen-bond donors (Lipinski definition) is 1. The van der Waals surface area contributed by atoms with Gasteiger partial charge in [-0.05, 0) is 25.3 Å². The smallest absolute Gasteiger partial charge is 0.146 e. The van der Waals surface area contributed by atoms with Crippen LogP contribution in [0, 0.1) is 18.3 Å². The van der Waals surface area contributed by atoms with E-state index in [4.69, 9.17) is 11.0 Å². The summed E-state index contributed by atoms with van der Waals surface area (Å²) in [6.07, 6.45) is 1.87. The minimum absolute atomic E-state index is 0.256. The van der Waals surface area contributed by atoms with Gasteiger partial charge in [0.15, 0.2) is 0 Å². The van der Waals surface area contributed by atoms with E-state index in [1.165, 1.54) is 17.3 Å². The van der Waals surface area contributed by atoms with Crippen molar-refractivity contribution in [1.29, 1.82) is 5.26 Å². The number of rotatable bonds is 4. The van der Waals surface area contributed by atoms with Crippen molar-refractivity contribution in [3.63, 3.8) is 0 Å². The normalized spacial score (nSPS) is 10.2. The van der Waals surface area contributed by atoms with Crippen molar-refractivity contribution in [2.75, 3.05) is 12.0 Å². The Balaban J connectivity index is 2.16. The molecule has 1 aromatic carbocycles. The molecule has 0 atom stereocenters. The summed E-state index contributed by atoms with van der Waals surface area (Å²) in [5, 5.41) is 9.67. The molecule has 0 unspecified atom stereocenters. The van der Waals surface area contributed by atoms with E-state index < -0.39 is 0 Å². The first kappa shape index (κ1) is 14.7. The number of aromatic nitrogens is 2. The number of benzene rings is 1. The lowest BCUT2D eigenvalue weighted by Crippen LogP contribution is -2.04. The molecule has 0 fully saturated rings. The second kappa shape index (κ2) is 6.64. The fourth-order valence-corrected chi connectivity index (χ4v) is 2.91. The Morgan fingerprint density at radius 3 is 2.55 bits per heavy atom. The molecule has 0 aliphatic rings. The SMILES string of the molecule is CSc1nc(CSc2ccc(C)cc2)nc(N)c1C#N. The van der Waals surface area contributed by atoms with Gasteiger partial charge in [-0.3, -0.25) is 0 Å². The summed E-state index contributed by atoms with van der Waals surface area (Å²) in [7, 11) is 0. The van der Waals surface area contributed by atoms with Gasteiger partial charge in [-0.2, -0.15) is 5.26 Å². The number of aryl methyl sites for hydroxylation is 1. The molecule has 20 heavy (non-hydrogen) atoms. The number of anilines is 1. The first-order valence-electron chi connectivity index (χ1n) is 5.94. The van der Waals surface area contributed by atoms with E-state index in [1.54, 1.807) is 11.8 Å². The second-order valence-electron chi connectivity index (χ2n) is 4.12. The zero-order chi connectivity index (χ0) is 14.5. The fraction of sp³-hybridized carbons (Fsp3) is 0.214. The molecule has 0 radical (unpaired) electrons. The van der Waals surface area contributed by atoms with Gasteiger partial charge in [-0.15, -0.1) is 23.5 Å². The van der Waals surface area contributed by atoms with E-state index in [-0.39, 0.29) is 5.82 Å². The average Bonchev–Trinajstić information content (AvgIpc) is 2.46. The molecule has 0 aliphatic heterocycles. The van der Waals surface area contributed by atoms with Crippen molar-refractivity contribution in [2.45, 2.75) is 22.6 Å². The van der Waals surface area contributed by atoms with Gasteiger partial charge >= 0.3 is 0 Å². The molecule has 2 N–H and O–H groups in total. The molecule has 4 nitrogen and oxygen atoms in total. The maximum Gasteiger partial charge on any atom is 0.146 e. The summed E-state index contributed by atoms with van der Waals surface area (Å²) in [6, 6.07) is 10.3. The van der Waals surface area contributed by atoms with Gasteiger partial charge in [0, 0.05) is 4.90 Å². The van der Waals surface area contributed by atoms with Gasteiger partial charge in [0.1, 0.15) is 28.3 Å². The highest BCUT2D eigenvalue weighted by Gasteiger charge is 2.11. The van der Waals surface area contributed by atoms with Crippen LogP contribution >= 0.6 is 23.5 Å². The molecule has 0 saturated heterocycles. The molecule has 0 amide bonds. The van der Waals surface area contributed by atoms with Gasteiger partial charge in [-0.25, -0.2) is 9.97 Å².